The molecule has 1 aliphatic rings. The van der Waals surface area contributed by atoms with Crippen LogP contribution in [0.2, 0.25) is 0 Å². The van der Waals surface area contributed by atoms with Crippen LogP contribution in [-0.2, 0) is 4.79 Å². The Labute approximate surface area is 98.8 Å². The first-order valence-corrected chi connectivity index (χ1v) is 6.51. The van der Waals surface area contributed by atoms with Gasteiger partial charge in [-0.15, -0.1) is 0 Å². The average Bonchev–Trinajstić information content (AvgIpc) is 2.61. The Kier molecular flexibility index (Phi) is 4.78. The molecule has 0 radical (unpaired) electrons. The zero-order valence-corrected chi connectivity index (χ0v) is 10.8. The number of hydrogen-bond donors (Lipinski definition) is 1. The summed E-state index contributed by atoms with van der Waals surface area (Å²) in [4.78, 5) is 13.6. The van der Waals surface area contributed by atoms with Crippen molar-refractivity contribution in [3.05, 3.63) is 0 Å². The maximum absolute atomic E-state index is 11.4. The van der Waals surface area contributed by atoms with Crippen molar-refractivity contribution in [3.8, 4) is 0 Å². The molecular formula is C13H25NO2. The van der Waals surface area contributed by atoms with Crippen molar-refractivity contribution in [3.63, 3.8) is 0 Å². The van der Waals surface area contributed by atoms with E-state index in [-0.39, 0.29) is 0 Å². The number of likely N-dealkylation sites (tertiary alicyclic amines) is 1. The van der Waals surface area contributed by atoms with E-state index in [1.54, 1.807) is 0 Å². The second kappa shape index (κ2) is 5.67. The molecule has 0 amide bonds. The zero-order valence-electron chi connectivity index (χ0n) is 10.8. The zero-order chi connectivity index (χ0) is 12.2. The third kappa shape index (κ3) is 2.76. The third-order valence-corrected chi connectivity index (χ3v) is 3.82. The van der Waals surface area contributed by atoms with Gasteiger partial charge in [0.15, 0.2) is 0 Å². The van der Waals surface area contributed by atoms with E-state index in [1.165, 1.54) is 6.42 Å². The van der Waals surface area contributed by atoms with E-state index >= 15 is 0 Å². The molecule has 94 valence electrons. The monoisotopic (exact) mass is 227 g/mol. The quantitative estimate of drug-likeness (QED) is 0.758. The first-order chi connectivity index (χ1) is 7.53. The molecule has 1 fully saturated rings. The van der Waals surface area contributed by atoms with Gasteiger partial charge < -0.3 is 5.11 Å². The fraction of sp³-hybridized carbons (Fsp3) is 0.923. The lowest BCUT2D eigenvalue weighted by Crippen LogP contribution is -2.50. The lowest BCUT2D eigenvalue weighted by atomic mass is 9.92. The highest BCUT2D eigenvalue weighted by Crippen LogP contribution is 2.33. The predicted octanol–water partition coefficient (Wildman–Crippen LogP) is 2.75. The molecule has 16 heavy (non-hydrogen) atoms. The smallest absolute Gasteiger partial charge is 0.324 e. The van der Waals surface area contributed by atoms with Gasteiger partial charge >= 0.3 is 5.97 Å². The molecule has 1 N–H and O–H groups in total. The van der Waals surface area contributed by atoms with Gasteiger partial charge in [-0.2, -0.15) is 0 Å². The molecule has 1 saturated heterocycles. The maximum Gasteiger partial charge on any atom is 0.324 e. The summed E-state index contributed by atoms with van der Waals surface area (Å²) in [5.74, 6) is 0.0838. The Hall–Kier alpha value is -0.570. The van der Waals surface area contributed by atoms with Crippen molar-refractivity contribution < 1.29 is 9.90 Å². The molecule has 1 heterocycles. The van der Waals surface area contributed by atoms with E-state index in [0.29, 0.717) is 5.92 Å². The van der Waals surface area contributed by atoms with Crippen LogP contribution in [0.15, 0.2) is 0 Å². The van der Waals surface area contributed by atoms with Crippen LogP contribution < -0.4 is 0 Å². The van der Waals surface area contributed by atoms with Crippen LogP contribution >= 0.6 is 0 Å². The number of carbonyl (C=O) groups is 1. The molecule has 3 nitrogen and oxygen atoms in total. The van der Waals surface area contributed by atoms with Crippen LogP contribution in [0.1, 0.15) is 52.9 Å². The number of nitrogens with zero attached hydrogens (tertiary/aromatic N) is 1. The Balaban J connectivity index is 2.54. The highest BCUT2D eigenvalue weighted by molar-refractivity contribution is 5.79. The summed E-state index contributed by atoms with van der Waals surface area (Å²) in [6.07, 6.45) is 4.88. The van der Waals surface area contributed by atoms with E-state index in [2.05, 4.69) is 18.7 Å². The summed E-state index contributed by atoms with van der Waals surface area (Å²) in [6.45, 7) is 8.33. The van der Waals surface area contributed by atoms with E-state index in [0.717, 1.165) is 38.8 Å². The largest absolute Gasteiger partial charge is 0.480 e. The van der Waals surface area contributed by atoms with Crippen LogP contribution in [0.4, 0.5) is 0 Å². The molecule has 0 saturated carbocycles. The lowest BCUT2D eigenvalue weighted by Gasteiger charge is -2.34. The maximum atomic E-state index is 11.4. The van der Waals surface area contributed by atoms with E-state index in [4.69, 9.17) is 0 Å². The van der Waals surface area contributed by atoms with Gasteiger partial charge in [-0.3, -0.25) is 9.69 Å². The minimum absolute atomic E-state index is 0.559. The van der Waals surface area contributed by atoms with Gasteiger partial charge in [-0.25, -0.2) is 0 Å². The highest BCUT2D eigenvalue weighted by atomic mass is 16.4. The van der Waals surface area contributed by atoms with Gasteiger partial charge in [0.2, 0.25) is 0 Å². The van der Waals surface area contributed by atoms with Gasteiger partial charge in [0.25, 0.3) is 0 Å². The standard InChI is InChI=1S/C13H25NO2/c1-4-13(12(15)16)8-6-10-14(13)9-5-7-11(2)3/h11H,4-10H2,1-3H3,(H,15,16). The summed E-state index contributed by atoms with van der Waals surface area (Å²) in [5, 5.41) is 9.40. The van der Waals surface area contributed by atoms with E-state index < -0.39 is 11.5 Å². The molecule has 0 aromatic carbocycles. The number of hydrogen-bond acceptors (Lipinski definition) is 2. The molecule has 0 spiro atoms. The van der Waals surface area contributed by atoms with Crippen molar-refractivity contribution in [1.82, 2.24) is 4.90 Å². The van der Waals surface area contributed by atoms with Crippen molar-refractivity contribution in [2.24, 2.45) is 5.92 Å². The summed E-state index contributed by atoms with van der Waals surface area (Å²) in [6, 6.07) is 0. The minimum Gasteiger partial charge on any atom is -0.480 e. The lowest BCUT2D eigenvalue weighted by molar-refractivity contribution is -0.150. The van der Waals surface area contributed by atoms with Crippen LogP contribution in [0, 0.1) is 5.92 Å². The van der Waals surface area contributed by atoms with E-state index in [9.17, 15) is 9.90 Å². The Bertz CT molecular complexity index is 240. The van der Waals surface area contributed by atoms with Crippen molar-refractivity contribution >= 4 is 5.97 Å². The molecule has 0 bridgehead atoms. The molecule has 1 rings (SSSR count). The molecule has 1 atom stereocenters. The van der Waals surface area contributed by atoms with Crippen LogP contribution in [-0.4, -0.2) is 34.6 Å². The topological polar surface area (TPSA) is 40.5 Å². The van der Waals surface area contributed by atoms with Gasteiger partial charge in [-0.05, 0) is 51.1 Å². The molecule has 0 aromatic heterocycles. The van der Waals surface area contributed by atoms with Crippen molar-refractivity contribution in [2.45, 2.75) is 58.4 Å². The summed E-state index contributed by atoms with van der Waals surface area (Å²) >= 11 is 0. The number of carboxylic acids is 1. The van der Waals surface area contributed by atoms with Gasteiger partial charge in [0.05, 0.1) is 0 Å². The van der Waals surface area contributed by atoms with Gasteiger partial charge in [0, 0.05) is 0 Å². The van der Waals surface area contributed by atoms with Crippen LogP contribution in [0.5, 0.6) is 0 Å². The highest BCUT2D eigenvalue weighted by Gasteiger charge is 2.45. The molecular weight excluding hydrogens is 202 g/mol. The third-order valence-electron chi connectivity index (χ3n) is 3.82. The molecule has 0 aromatic rings. The first kappa shape index (κ1) is 13.5. The second-order valence-electron chi connectivity index (χ2n) is 5.32. The number of carboxylic acid groups (broad SMARTS) is 1. The SMILES string of the molecule is CCC1(C(=O)O)CCCN1CCCC(C)C. The molecule has 0 aliphatic carbocycles. The van der Waals surface area contributed by atoms with Gasteiger partial charge in [-0.1, -0.05) is 20.8 Å². The summed E-state index contributed by atoms with van der Waals surface area (Å²) in [5.41, 5.74) is -0.559. The van der Waals surface area contributed by atoms with Crippen LogP contribution in [0.3, 0.4) is 0 Å². The fourth-order valence-electron chi connectivity index (χ4n) is 2.74. The first-order valence-electron chi connectivity index (χ1n) is 6.51. The fourth-order valence-corrected chi connectivity index (χ4v) is 2.74. The Morgan fingerprint density at radius 1 is 1.50 bits per heavy atom. The molecule has 1 unspecified atom stereocenters. The second-order valence-corrected chi connectivity index (χ2v) is 5.32. The Morgan fingerprint density at radius 3 is 2.69 bits per heavy atom. The van der Waals surface area contributed by atoms with Gasteiger partial charge in [0.1, 0.15) is 5.54 Å². The normalized spacial score (nSPS) is 26.5. The molecule has 3 heteroatoms. The minimum atomic E-state index is -0.628. The Morgan fingerprint density at radius 2 is 2.19 bits per heavy atom. The number of aliphatic carboxylic acids is 1. The molecule has 1 aliphatic heterocycles. The predicted molar refractivity (Wildman–Crippen MR) is 65.5 cm³/mol. The summed E-state index contributed by atoms with van der Waals surface area (Å²) in [7, 11) is 0. The van der Waals surface area contributed by atoms with Crippen molar-refractivity contribution in [2.75, 3.05) is 13.1 Å². The average molecular weight is 227 g/mol. The summed E-state index contributed by atoms with van der Waals surface area (Å²) < 4.78 is 0. The number of rotatable bonds is 6. The van der Waals surface area contributed by atoms with Crippen molar-refractivity contribution in [1.29, 1.82) is 0 Å². The van der Waals surface area contributed by atoms with Crippen LogP contribution in [0.25, 0.3) is 0 Å². The van der Waals surface area contributed by atoms with E-state index in [1.807, 2.05) is 6.92 Å².